The van der Waals surface area contributed by atoms with E-state index in [0.29, 0.717) is 17.8 Å². The summed E-state index contributed by atoms with van der Waals surface area (Å²) in [5.41, 5.74) is -1.43. The second kappa shape index (κ2) is 15.2. The van der Waals surface area contributed by atoms with E-state index in [1.165, 1.54) is 17.4 Å². The Morgan fingerprint density at radius 3 is 2.25 bits per heavy atom. The zero-order chi connectivity index (χ0) is 37.3. The number of thiophene rings is 1. The number of carbonyl (C=O) groups is 6. The highest BCUT2D eigenvalue weighted by molar-refractivity contribution is 7.12. The zero-order valence-corrected chi connectivity index (χ0v) is 32.0. The molecule has 5 rings (SSSR count). The van der Waals surface area contributed by atoms with E-state index >= 15 is 0 Å². The smallest absolute Gasteiger partial charge is 0.289 e. The summed E-state index contributed by atoms with van der Waals surface area (Å²) in [5.74, 6) is -2.87. The molecule has 0 bridgehead atoms. The van der Waals surface area contributed by atoms with Crippen molar-refractivity contribution in [3.63, 3.8) is 0 Å². The first kappa shape index (κ1) is 38.7. The number of carbonyl (C=O) groups excluding carboxylic acids is 6. The van der Waals surface area contributed by atoms with Gasteiger partial charge in [0.1, 0.15) is 18.1 Å². The number of hydrogen-bond donors (Lipinski definition) is 4. The summed E-state index contributed by atoms with van der Waals surface area (Å²) in [6.07, 6.45) is 9.25. The molecule has 280 valence electrons. The van der Waals surface area contributed by atoms with Crippen LogP contribution in [0.15, 0.2) is 30.2 Å². The molecule has 12 heteroatoms. The maximum atomic E-state index is 14.7. The first-order valence-corrected chi connectivity index (χ1v) is 19.6. The summed E-state index contributed by atoms with van der Waals surface area (Å²) in [7, 11) is 0. The average molecular weight is 724 g/mol. The number of nitrogens with zero attached hydrogens (tertiary/aromatic N) is 1. The van der Waals surface area contributed by atoms with Crippen LogP contribution in [-0.4, -0.2) is 77.5 Å². The molecule has 2 heterocycles. The topological polar surface area (TPSA) is 154 Å². The Morgan fingerprint density at radius 1 is 1.00 bits per heavy atom. The molecule has 1 saturated heterocycles. The molecule has 3 saturated carbocycles. The third-order valence-corrected chi connectivity index (χ3v) is 13.1. The van der Waals surface area contributed by atoms with Gasteiger partial charge in [-0.3, -0.25) is 28.8 Å². The minimum absolute atomic E-state index is 0.0733. The molecular formula is C39H57N5O6S. The Hall–Kier alpha value is -3.54. The fraction of sp³-hybridized carbons (Fsp3) is 0.692. The Labute approximate surface area is 306 Å². The van der Waals surface area contributed by atoms with Crippen LogP contribution in [-0.2, 0) is 24.0 Å². The van der Waals surface area contributed by atoms with Gasteiger partial charge in [-0.2, -0.15) is 0 Å². The van der Waals surface area contributed by atoms with Gasteiger partial charge >= 0.3 is 0 Å². The van der Waals surface area contributed by atoms with E-state index in [9.17, 15) is 28.8 Å². The minimum Gasteiger partial charge on any atom is -0.346 e. The number of hydrogen-bond acceptors (Lipinski definition) is 7. The molecule has 4 N–H and O–H groups in total. The van der Waals surface area contributed by atoms with E-state index < -0.39 is 58.5 Å². The van der Waals surface area contributed by atoms with Crippen LogP contribution in [0.1, 0.15) is 109 Å². The van der Waals surface area contributed by atoms with Crippen LogP contribution < -0.4 is 21.3 Å². The predicted molar refractivity (Wildman–Crippen MR) is 197 cm³/mol. The third-order valence-electron chi connectivity index (χ3n) is 12.2. The first-order chi connectivity index (χ1) is 24.0. The molecule has 0 aromatic carbocycles. The van der Waals surface area contributed by atoms with Gasteiger partial charge in [0.05, 0.1) is 10.9 Å². The number of fused-ring (bicyclic) bond motifs is 1. The van der Waals surface area contributed by atoms with Crippen molar-refractivity contribution < 1.29 is 28.8 Å². The van der Waals surface area contributed by atoms with Crippen LogP contribution in [0.3, 0.4) is 0 Å². The second-order valence-electron chi connectivity index (χ2n) is 17.3. The quantitative estimate of drug-likeness (QED) is 0.165. The van der Waals surface area contributed by atoms with Crippen LogP contribution in [0.2, 0.25) is 0 Å². The molecule has 4 aliphatic rings. The summed E-state index contributed by atoms with van der Waals surface area (Å²) in [6.45, 7) is 15.9. The standard InChI is InChI=1S/C39H57N5O6S/c1-8-19-40-34(48)29(45)25(21-23-14-12-15-23)41-33(47)28-27-24(38(27,5)6)22-44(28)36(50)31(37(2,3)4)43-35(49)30(39(7)17-10-9-11-18-39)42-32(46)26-16-13-20-51-26/h8,13,16,20,23-25,27-28,30-31H,1,9-12,14-15,17-19,21-22H2,2-7H3,(H,40,48)(H,41,47)(H,42,46)(H,43,49). The number of amides is 5. The molecule has 5 amide bonds. The summed E-state index contributed by atoms with van der Waals surface area (Å²) in [5, 5.41) is 13.4. The van der Waals surface area contributed by atoms with E-state index in [0.717, 1.165) is 51.4 Å². The first-order valence-electron chi connectivity index (χ1n) is 18.7. The van der Waals surface area contributed by atoms with Crippen LogP contribution in [0.25, 0.3) is 0 Å². The van der Waals surface area contributed by atoms with Gasteiger partial charge in [0, 0.05) is 13.1 Å². The third kappa shape index (κ3) is 8.26. The van der Waals surface area contributed by atoms with Crippen LogP contribution in [0.4, 0.5) is 0 Å². The normalized spacial score (nSPS) is 25.2. The lowest BCUT2D eigenvalue weighted by atomic mass is 9.70. The van der Waals surface area contributed by atoms with Crippen molar-refractivity contribution >= 4 is 46.7 Å². The molecule has 11 nitrogen and oxygen atoms in total. The Morgan fingerprint density at radius 2 is 1.69 bits per heavy atom. The zero-order valence-electron chi connectivity index (χ0n) is 31.1. The highest BCUT2D eigenvalue weighted by Crippen LogP contribution is 2.65. The lowest BCUT2D eigenvalue weighted by molar-refractivity contribution is -0.147. The second-order valence-corrected chi connectivity index (χ2v) is 18.2. The van der Waals surface area contributed by atoms with E-state index in [1.807, 2.05) is 33.1 Å². The number of ketones is 1. The SMILES string of the molecule is C=CCNC(=O)C(=O)C(CC1CCC1)NC(=O)C1C2C(CN1C(=O)C(NC(=O)C(NC(=O)c1cccs1)C1(C)CCCCC1)C(C)(C)C)C2(C)C. The van der Waals surface area contributed by atoms with Crippen molar-refractivity contribution in [2.45, 2.75) is 123 Å². The lowest BCUT2D eigenvalue weighted by Gasteiger charge is -2.42. The van der Waals surface area contributed by atoms with Crippen molar-refractivity contribution in [1.29, 1.82) is 0 Å². The Balaban J connectivity index is 1.38. The number of Topliss-reactive ketones (excluding diaryl/α,β-unsaturated/α-hetero) is 1. The predicted octanol–water partition coefficient (Wildman–Crippen LogP) is 4.38. The number of nitrogens with one attached hydrogen (secondary N) is 4. The molecular weight excluding hydrogens is 667 g/mol. The van der Waals surface area contributed by atoms with Crippen LogP contribution >= 0.6 is 11.3 Å². The highest BCUT2D eigenvalue weighted by Gasteiger charge is 2.70. The molecule has 6 unspecified atom stereocenters. The summed E-state index contributed by atoms with van der Waals surface area (Å²) in [6, 6.07) is -0.205. The molecule has 0 radical (unpaired) electrons. The molecule has 4 fully saturated rings. The van der Waals surface area contributed by atoms with Crippen molar-refractivity contribution in [3.05, 3.63) is 35.0 Å². The summed E-state index contributed by atoms with van der Waals surface area (Å²) < 4.78 is 0. The van der Waals surface area contributed by atoms with Gasteiger partial charge in [-0.1, -0.05) is 92.2 Å². The fourth-order valence-electron chi connectivity index (χ4n) is 8.63. The van der Waals surface area contributed by atoms with E-state index in [1.54, 1.807) is 17.0 Å². The van der Waals surface area contributed by atoms with E-state index in [2.05, 4.69) is 41.7 Å². The molecule has 6 atom stereocenters. The minimum atomic E-state index is -1.01. The van der Waals surface area contributed by atoms with Crippen molar-refractivity contribution in [1.82, 2.24) is 26.2 Å². The lowest BCUT2D eigenvalue weighted by Crippen LogP contribution is -2.64. The monoisotopic (exact) mass is 723 g/mol. The highest BCUT2D eigenvalue weighted by atomic mass is 32.1. The van der Waals surface area contributed by atoms with Gasteiger partial charge in [-0.25, -0.2) is 0 Å². The van der Waals surface area contributed by atoms with Crippen molar-refractivity contribution in [2.24, 2.45) is 34.0 Å². The summed E-state index contributed by atoms with van der Waals surface area (Å²) >= 11 is 1.31. The maximum Gasteiger partial charge on any atom is 0.289 e. The van der Waals surface area contributed by atoms with Crippen molar-refractivity contribution in [2.75, 3.05) is 13.1 Å². The molecule has 1 aliphatic heterocycles. The fourth-order valence-corrected chi connectivity index (χ4v) is 9.26. The van der Waals surface area contributed by atoms with Gasteiger partial charge in [0.15, 0.2) is 0 Å². The number of piperidine rings is 1. The molecule has 0 spiro atoms. The molecule has 1 aromatic heterocycles. The average Bonchev–Trinajstić information content (AvgIpc) is 3.51. The van der Waals surface area contributed by atoms with Gasteiger partial charge in [-0.15, -0.1) is 17.9 Å². The maximum absolute atomic E-state index is 14.7. The Kier molecular flexibility index (Phi) is 11.5. The number of rotatable bonds is 14. The Bertz CT molecular complexity index is 1510. The summed E-state index contributed by atoms with van der Waals surface area (Å²) in [4.78, 5) is 84.8. The van der Waals surface area contributed by atoms with E-state index in [4.69, 9.17) is 0 Å². The van der Waals surface area contributed by atoms with Gasteiger partial charge in [0.2, 0.25) is 23.5 Å². The van der Waals surface area contributed by atoms with Gasteiger partial charge < -0.3 is 26.2 Å². The van der Waals surface area contributed by atoms with Gasteiger partial charge in [-0.05, 0) is 64.7 Å². The van der Waals surface area contributed by atoms with Crippen molar-refractivity contribution in [3.8, 4) is 0 Å². The number of likely N-dealkylation sites (tertiary alicyclic amines) is 1. The van der Waals surface area contributed by atoms with E-state index in [-0.39, 0.29) is 41.5 Å². The largest absolute Gasteiger partial charge is 0.346 e. The van der Waals surface area contributed by atoms with Crippen LogP contribution in [0.5, 0.6) is 0 Å². The van der Waals surface area contributed by atoms with Gasteiger partial charge in [0.25, 0.3) is 11.8 Å². The van der Waals surface area contributed by atoms with Crippen LogP contribution in [0, 0.1) is 34.0 Å². The molecule has 1 aromatic rings. The molecule has 51 heavy (non-hydrogen) atoms. The molecule has 3 aliphatic carbocycles.